The first kappa shape index (κ1) is 18.5. The number of ether oxygens (including phenoxy) is 4. The van der Waals surface area contributed by atoms with Gasteiger partial charge in [-0.15, -0.1) is 0 Å². The minimum absolute atomic E-state index is 0.256. The second kappa shape index (κ2) is 8.08. The van der Waals surface area contributed by atoms with Crippen LogP contribution in [0.15, 0.2) is 77.7 Å². The van der Waals surface area contributed by atoms with Crippen LogP contribution in [0.3, 0.4) is 0 Å². The smallest absolute Gasteiger partial charge is 0.180 e. The first-order valence-corrected chi connectivity index (χ1v) is 9.79. The normalized spacial score (nSPS) is 28.1. The molecule has 0 radical (unpaired) electrons. The summed E-state index contributed by atoms with van der Waals surface area (Å²) in [6, 6.07) is 20.2. The van der Waals surface area contributed by atoms with Crippen molar-refractivity contribution < 1.29 is 23.4 Å². The lowest BCUT2D eigenvalue weighted by Gasteiger charge is -2.30. The first-order chi connectivity index (χ1) is 14.3. The number of oxazole rings is 1. The number of fused-ring (bicyclic) bond motifs is 2. The van der Waals surface area contributed by atoms with Crippen molar-refractivity contribution in [3.05, 3.63) is 90.1 Å². The summed E-state index contributed by atoms with van der Waals surface area (Å²) in [4.78, 5) is 4.02. The molecule has 3 aromatic rings. The summed E-state index contributed by atoms with van der Waals surface area (Å²) in [6.45, 7) is 1.80. The van der Waals surface area contributed by atoms with E-state index in [1.54, 1.807) is 6.20 Å². The average Bonchev–Trinajstić information content (AvgIpc) is 3.48. The van der Waals surface area contributed by atoms with E-state index in [-0.39, 0.29) is 18.3 Å². The fourth-order valence-electron chi connectivity index (χ4n) is 4.04. The highest BCUT2D eigenvalue weighted by atomic mass is 16.7. The Bertz CT molecular complexity index is 902. The molecular formula is C23H23NO5. The van der Waals surface area contributed by atoms with E-state index in [1.807, 2.05) is 60.7 Å². The molecule has 2 aliphatic rings. The number of hydrogen-bond acceptors (Lipinski definition) is 6. The van der Waals surface area contributed by atoms with Crippen molar-refractivity contribution in [2.24, 2.45) is 0 Å². The molecule has 4 atom stereocenters. The van der Waals surface area contributed by atoms with Gasteiger partial charge in [0.2, 0.25) is 0 Å². The lowest BCUT2D eigenvalue weighted by molar-refractivity contribution is -0.180. The Labute approximate surface area is 169 Å². The third kappa shape index (κ3) is 3.72. The van der Waals surface area contributed by atoms with Crippen LogP contribution in [-0.2, 0) is 32.2 Å². The van der Waals surface area contributed by atoms with E-state index in [9.17, 15) is 0 Å². The third-order valence-electron chi connectivity index (χ3n) is 5.46. The summed E-state index contributed by atoms with van der Waals surface area (Å²) in [6.07, 6.45) is 2.21. The zero-order valence-electron chi connectivity index (χ0n) is 16.0. The summed E-state index contributed by atoms with van der Waals surface area (Å²) in [5.41, 5.74) is 1.55. The van der Waals surface area contributed by atoms with Gasteiger partial charge >= 0.3 is 0 Å². The van der Waals surface area contributed by atoms with Crippen molar-refractivity contribution in [2.45, 2.75) is 37.1 Å². The molecule has 0 saturated carbocycles. The molecule has 2 saturated heterocycles. The van der Waals surface area contributed by atoms with Gasteiger partial charge in [-0.1, -0.05) is 60.7 Å². The van der Waals surface area contributed by atoms with Crippen molar-refractivity contribution in [1.82, 2.24) is 4.98 Å². The summed E-state index contributed by atoms with van der Waals surface area (Å²) in [5, 5.41) is 0. The highest BCUT2D eigenvalue weighted by molar-refractivity contribution is 5.17. The van der Waals surface area contributed by atoms with E-state index in [0.717, 1.165) is 11.1 Å². The highest BCUT2D eigenvalue weighted by Crippen LogP contribution is 2.49. The molecule has 2 fully saturated rings. The number of aromatic nitrogens is 1. The molecule has 6 heteroatoms. The Balaban J connectivity index is 1.32. The van der Waals surface area contributed by atoms with Crippen LogP contribution >= 0.6 is 0 Å². The van der Waals surface area contributed by atoms with Gasteiger partial charge in [-0.25, -0.2) is 4.98 Å². The van der Waals surface area contributed by atoms with Gasteiger partial charge in [0, 0.05) is 0 Å². The van der Waals surface area contributed by atoms with Gasteiger partial charge in [0.05, 0.1) is 32.6 Å². The zero-order valence-corrected chi connectivity index (χ0v) is 16.0. The molecule has 6 nitrogen and oxygen atoms in total. The molecule has 1 aromatic heterocycles. The maximum absolute atomic E-state index is 6.42. The maximum atomic E-state index is 6.42. The third-order valence-corrected chi connectivity index (χ3v) is 5.46. The van der Waals surface area contributed by atoms with Gasteiger partial charge in [-0.2, -0.15) is 0 Å². The molecule has 2 aromatic carbocycles. The Morgan fingerprint density at radius 2 is 1.69 bits per heavy atom. The Kier molecular flexibility index (Phi) is 5.16. The maximum Gasteiger partial charge on any atom is 0.180 e. The standard InChI is InChI=1S/C23H23NO5/c1-3-7-17(8-4-1)12-25-14-23-15-27-21(20(29-23)19-11-24-16-28-19)22(23)26-13-18-9-5-2-6-10-18/h1-11,16,20-22H,12-15H2/t20-,21-,22-,23-/m0/s1. The minimum Gasteiger partial charge on any atom is -0.446 e. The molecule has 0 spiro atoms. The molecule has 0 amide bonds. The van der Waals surface area contributed by atoms with Crippen LogP contribution in [-0.4, -0.2) is 36.0 Å². The Morgan fingerprint density at radius 1 is 0.966 bits per heavy atom. The molecule has 2 aliphatic heterocycles. The van der Waals surface area contributed by atoms with Crippen LogP contribution in [0.5, 0.6) is 0 Å². The molecule has 0 aliphatic carbocycles. The van der Waals surface area contributed by atoms with E-state index >= 15 is 0 Å². The van der Waals surface area contributed by atoms with Crippen LogP contribution in [0.25, 0.3) is 0 Å². The minimum atomic E-state index is -0.675. The average molecular weight is 393 g/mol. The van der Waals surface area contributed by atoms with Gasteiger partial charge < -0.3 is 23.4 Å². The quantitative estimate of drug-likeness (QED) is 0.582. The van der Waals surface area contributed by atoms with Crippen molar-refractivity contribution >= 4 is 0 Å². The second-order valence-corrected chi connectivity index (χ2v) is 7.48. The Hall–Kier alpha value is -2.51. The summed E-state index contributed by atoms with van der Waals surface area (Å²) in [7, 11) is 0. The fraction of sp³-hybridized carbons (Fsp3) is 0.348. The van der Waals surface area contributed by atoms with E-state index in [4.69, 9.17) is 23.4 Å². The van der Waals surface area contributed by atoms with Gasteiger partial charge in [0.15, 0.2) is 12.2 Å². The van der Waals surface area contributed by atoms with Crippen LogP contribution in [0.1, 0.15) is 23.0 Å². The predicted octanol–water partition coefficient (Wildman–Crippen LogP) is 3.69. The number of rotatable bonds is 8. The Morgan fingerprint density at radius 3 is 2.38 bits per heavy atom. The fourth-order valence-corrected chi connectivity index (χ4v) is 4.04. The lowest BCUT2D eigenvalue weighted by atomic mass is 9.98. The van der Waals surface area contributed by atoms with Crippen molar-refractivity contribution in [2.75, 3.05) is 13.2 Å². The SMILES string of the molecule is c1ccc(COC[C@@]23CO[C@@H]([C@H](c4cnco4)O2)[C@@H]3OCc2ccccc2)cc1. The summed E-state index contributed by atoms with van der Waals surface area (Å²) < 4.78 is 30.3. The van der Waals surface area contributed by atoms with E-state index in [1.165, 1.54) is 6.39 Å². The van der Waals surface area contributed by atoms with Crippen LogP contribution < -0.4 is 0 Å². The van der Waals surface area contributed by atoms with Crippen molar-refractivity contribution in [1.29, 1.82) is 0 Å². The monoisotopic (exact) mass is 393 g/mol. The van der Waals surface area contributed by atoms with Gasteiger partial charge in [-0.05, 0) is 11.1 Å². The highest BCUT2D eigenvalue weighted by Gasteiger charge is 2.63. The predicted molar refractivity (Wildman–Crippen MR) is 104 cm³/mol. The van der Waals surface area contributed by atoms with Crippen LogP contribution in [0.2, 0.25) is 0 Å². The molecule has 3 heterocycles. The molecule has 2 bridgehead atoms. The topological polar surface area (TPSA) is 63.0 Å². The summed E-state index contributed by atoms with van der Waals surface area (Å²) in [5.74, 6) is 0.646. The molecule has 0 N–H and O–H groups in total. The largest absolute Gasteiger partial charge is 0.446 e. The zero-order chi connectivity index (χ0) is 19.5. The van der Waals surface area contributed by atoms with E-state index < -0.39 is 5.60 Å². The molecular weight excluding hydrogens is 370 g/mol. The molecule has 150 valence electrons. The van der Waals surface area contributed by atoms with Gasteiger partial charge in [-0.3, -0.25) is 0 Å². The van der Waals surface area contributed by atoms with E-state index in [2.05, 4.69) is 4.98 Å². The lowest BCUT2D eigenvalue weighted by Crippen LogP contribution is -2.46. The van der Waals surface area contributed by atoms with Gasteiger partial charge in [0.1, 0.15) is 23.9 Å². The van der Waals surface area contributed by atoms with Crippen molar-refractivity contribution in [3.63, 3.8) is 0 Å². The molecule has 5 rings (SSSR count). The summed E-state index contributed by atoms with van der Waals surface area (Å²) >= 11 is 0. The first-order valence-electron chi connectivity index (χ1n) is 9.79. The van der Waals surface area contributed by atoms with Gasteiger partial charge in [0.25, 0.3) is 0 Å². The molecule has 29 heavy (non-hydrogen) atoms. The van der Waals surface area contributed by atoms with E-state index in [0.29, 0.717) is 32.2 Å². The molecule has 0 unspecified atom stereocenters. The number of hydrogen-bond donors (Lipinski definition) is 0. The van der Waals surface area contributed by atoms with Crippen molar-refractivity contribution in [3.8, 4) is 0 Å². The second-order valence-electron chi connectivity index (χ2n) is 7.48. The van der Waals surface area contributed by atoms with Crippen LogP contribution in [0.4, 0.5) is 0 Å². The number of benzene rings is 2. The number of nitrogens with zero attached hydrogens (tertiary/aromatic N) is 1. The van der Waals surface area contributed by atoms with Crippen LogP contribution in [0, 0.1) is 0 Å².